The third-order valence-electron chi connectivity index (χ3n) is 2.35. The van der Waals surface area contributed by atoms with Crippen molar-refractivity contribution in [2.24, 2.45) is 11.8 Å². The Morgan fingerprint density at radius 1 is 1.40 bits per heavy atom. The van der Waals surface area contributed by atoms with Crippen LogP contribution in [0.3, 0.4) is 0 Å². The second-order valence-electron chi connectivity index (χ2n) is 3.38. The smallest absolute Gasteiger partial charge is 0.271 e. The molecule has 0 N–H and O–H groups in total. The predicted molar refractivity (Wildman–Crippen MR) is 40.8 cm³/mol. The fourth-order valence-corrected chi connectivity index (χ4v) is 1.50. The second kappa shape index (κ2) is 2.98. The maximum Gasteiger partial charge on any atom is 0.271 e. The first kappa shape index (κ1) is 7.49. The van der Waals surface area contributed by atoms with E-state index < -0.39 is 0 Å². The van der Waals surface area contributed by atoms with Gasteiger partial charge in [0, 0.05) is 6.42 Å². The highest BCUT2D eigenvalue weighted by molar-refractivity contribution is 5.82. The lowest BCUT2D eigenvalue weighted by Gasteiger charge is -2.18. The minimum atomic E-state index is 0.501. The van der Waals surface area contributed by atoms with Crippen molar-refractivity contribution in [3.05, 3.63) is 5.53 Å². The van der Waals surface area contributed by atoms with Crippen LogP contribution >= 0.6 is 0 Å². The molecule has 0 aromatic carbocycles. The molecule has 2 heteroatoms. The van der Waals surface area contributed by atoms with Gasteiger partial charge in [0.15, 0.2) is 0 Å². The van der Waals surface area contributed by atoms with Gasteiger partial charge in [-0.05, 0) is 18.8 Å². The molecule has 0 aliphatic heterocycles. The van der Waals surface area contributed by atoms with Crippen LogP contribution < -0.4 is 0 Å². The molecule has 0 heterocycles. The maximum absolute atomic E-state index is 8.57. The summed E-state index contributed by atoms with van der Waals surface area (Å²) in [5.41, 5.74) is 9.55. The summed E-state index contributed by atoms with van der Waals surface area (Å²) in [4.78, 5) is 3.30. The van der Waals surface area contributed by atoms with Crippen molar-refractivity contribution in [3.63, 3.8) is 0 Å². The van der Waals surface area contributed by atoms with E-state index in [4.69, 9.17) is 5.53 Å². The largest absolute Gasteiger partial charge is 0.362 e. The molecular weight excluding hydrogens is 124 g/mol. The van der Waals surface area contributed by atoms with Gasteiger partial charge in [-0.15, -0.1) is 0 Å². The standard InChI is InChI=1S/C8H14N2/c1-6-3-4-7(2)8(5-6)10-9/h6-7H,3-5H2,1-2H3. The molecule has 0 aromatic heterocycles. The summed E-state index contributed by atoms with van der Waals surface area (Å²) in [6.45, 7) is 4.33. The van der Waals surface area contributed by atoms with Gasteiger partial charge in [0.05, 0.1) is 5.92 Å². The van der Waals surface area contributed by atoms with E-state index >= 15 is 0 Å². The van der Waals surface area contributed by atoms with Gasteiger partial charge in [0.25, 0.3) is 5.71 Å². The van der Waals surface area contributed by atoms with E-state index in [2.05, 4.69) is 18.6 Å². The highest BCUT2D eigenvalue weighted by Crippen LogP contribution is 2.24. The Hall–Kier alpha value is -0.620. The first-order valence-corrected chi connectivity index (χ1v) is 3.95. The van der Waals surface area contributed by atoms with Gasteiger partial charge >= 0.3 is 0 Å². The molecule has 1 aliphatic carbocycles. The Morgan fingerprint density at radius 2 is 2.10 bits per heavy atom. The lowest BCUT2D eigenvalue weighted by Crippen LogP contribution is -2.22. The molecule has 0 spiro atoms. The molecule has 1 rings (SSSR count). The molecule has 56 valence electrons. The van der Waals surface area contributed by atoms with Crippen molar-refractivity contribution in [3.8, 4) is 0 Å². The van der Waals surface area contributed by atoms with E-state index in [0.717, 1.165) is 12.1 Å². The minimum absolute atomic E-state index is 0.501. The summed E-state index contributed by atoms with van der Waals surface area (Å²) in [7, 11) is 0. The van der Waals surface area contributed by atoms with E-state index in [0.29, 0.717) is 11.8 Å². The van der Waals surface area contributed by atoms with Gasteiger partial charge in [0.2, 0.25) is 0 Å². The molecule has 1 saturated carbocycles. The van der Waals surface area contributed by atoms with Crippen LogP contribution in [-0.4, -0.2) is 10.5 Å². The topological polar surface area (TPSA) is 36.4 Å². The third kappa shape index (κ3) is 1.45. The molecule has 10 heavy (non-hydrogen) atoms. The van der Waals surface area contributed by atoms with E-state index in [1.54, 1.807) is 0 Å². The molecule has 2 atom stereocenters. The number of hydrogen-bond acceptors (Lipinski definition) is 0. The zero-order chi connectivity index (χ0) is 7.56. The van der Waals surface area contributed by atoms with Crippen LogP contribution in [0, 0.1) is 11.8 Å². The Kier molecular flexibility index (Phi) is 2.23. The number of nitrogens with zero attached hydrogens (tertiary/aromatic N) is 2. The van der Waals surface area contributed by atoms with Crippen molar-refractivity contribution in [2.75, 3.05) is 0 Å². The fourth-order valence-electron chi connectivity index (χ4n) is 1.50. The van der Waals surface area contributed by atoms with Crippen molar-refractivity contribution < 1.29 is 4.79 Å². The minimum Gasteiger partial charge on any atom is -0.362 e. The van der Waals surface area contributed by atoms with Crippen molar-refractivity contribution in [1.29, 1.82) is 0 Å². The molecule has 1 aliphatic rings. The van der Waals surface area contributed by atoms with Crippen molar-refractivity contribution >= 4 is 5.71 Å². The Balaban J connectivity index is 2.63. The van der Waals surface area contributed by atoms with Gasteiger partial charge in [-0.3, -0.25) is 0 Å². The van der Waals surface area contributed by atoms with Gasteiger partial charge in [0.1, 0.15) is 0 Å². The van der Waals surface area contributed by atoms with E-state index in [1.807, 2.05) is 0 Å². The monoisotopic (exact) mass is 138 g/mol. The van der Waals surface area contributed by atoms with E-state index in [9.17, 15) is 0 Å². The van der Waals surface area contributed by atoms with Crippen LogP contribution in [0.2, 0.25) is 0 Å². The van der Waals surface area contributed by atoms with Gasteiger partial charge in [-0.25, -0.2) is 0 Å². The van der Waals surface area contributed by atoms with Crippen LogP contribution in [0.25, 0.3) is 5.53 Å². The average Bonchev–Trinajstić information content (AvgIpc) is 1.94. The maximum atomic E-state index is 8.57. The number of hydrogen-bond donors (Lipinski definition) is 0. The summed E-state index contributed by atoms with van der Waals surface area (Å²) in [5.74, 6) is 1.21. The average molecular weight is 138 g/mol. The SMILES string of the molecule is CC1CCC(C)C(=[N+]=[N-])C1. The van der Waals surface area contributed by atoms with E-state index in [1.165, 1.54) is 12.8 Å². The van der Waals surface area contributed by atoms with Gasteiger partial charge < -0.3 is 5.53 Å². The normalized spacial score (nSPS) is 33.6. The first-order chi connectivity index (χ1) is 4.74. The Morgan fingerprint density at radius 3 is 2.60 bits per heavy atom. The van der Waals surface area contributed by atoms with E-state index in [-0.39, 0.29) is 0 Å². The predicted octanol–water partition coefficient (Wildman–Crippen LogP) is 2.11. The zero-order valence-corrected chi connectivity index (χ0v) is 6.67. The summed E-state index contributed by atoms with van der Waals surface area (Å²) < 4.78 is 0. The summed E-state index contributed by atoms with van der Waals surface area (Å²) in [6, 6.07) is 0. The van der Waals surface area contributed by atoms with Crippen LogP contribution in [0.15, 0.2) is 0 Å². The zero-order valence-electron chi connectivity index (χ0n) is 6.67. The Bertz CT molecular complexity index is 168. The lowest BCUT2D eigenvalue weighted by atomic mass is 9.82. The van der Waals surface area contributed by atoms with Gasteiger partial charge in [-0.2, -0.15) is 4.79 Å². The molecule has 2 nitrogen and oxygen atoms in total. The molecule has 0 radical (unpaired) electrons. The number of rotatable bonds is 0. The molecule has 0 bridgehead atoms. The lowest BCUT2D eigenvalue weighted by molar-refractivity contribution is -0.0197. The molecule has 1 fully saturated rings. The van der Waals surface area contributed by atoms with Crippen LogP contribution in [-0.2, 0) is 0 Å². The molecule has 0 aromatic rings. The Labute approximate surface area is 61.9 Å². The summed E-state index contributed by atoms with van der Waals surface area (Å²) in [6.07, 6.45) is 3.44. The summed E-state index contributed by atoms with van der Waals surface area (Å²) >= 11 is 0. The molecule has 2 unspecified atom stereocenters. The second-order valence-corrected chi connectivity index (χ2v) is 3.38. The highest BCUT2D eigenvalue weighted by Gasteiger charge is 2.26. The molecule has 0 amide bonds. The van der Waals surface area contributed by atoms with Crippen LogP contribution in [0.5, 0.6) is 0 Å². The van der Waals surface area contributed by atoms with Crippen LogP contribution in [0.4, 0.5) is 0 Å². The molecular formula is C8H14N2. The highest BCUT2D eigenvalue weighted by atomic mass is 14.9. The quantitative estimate of drug-likeness (QED) is 0.363. The fraction of sp³-hybridized carbons (Fsp3) is 0.875. The first-order valence-electron chi connectivity index (χ1n) is 3.95. The third-order valence-corrected chi connectivity index (χ3v) is 2.35. The van der Waals surface area contributed by atoms with Crippen molar-refractivity contribution in [2.45, 2.75) is 33.1 Å². The molecule has 0 saturated heterocycles. The van der Waals surface area contributed by atoms with Gasteiger partial charge in [-0.1, -0.05) is 13.8 Å². The van der Waals surface area contributed by atoms with Crippen LogP contribution in [0.1, 0.15) is 33.1 Å². The summed E-state index contributed by atoms with van der Waals surface area (Å²) in [5, 5.41) is 0. The van der Waals surface area contributed by atoms with Crippen molar-refractivity contribution in [1.82, 2.24) is 0 Å².